The smallest absolute Gasteiger partial charge is 0.0681 e. The van der Waals surface area contributed by atoms with Gasteiger partial charge in [0.15, 0.2) is 0 Å². The molecule has 14 heavy (non-hydrogen) atoms. The van der Waals surface area contributed by atoms with Crippen molar-refractivity contribution in [2.24, 2.45) is 0 Å². The van der Waals surface area contributed by atoms with E-state index < -0.39 is 0 Å². The number of aliphatic hydroxyl groups is 1. The van der Waals surface area contributed by atoms with Crippen LogP contribution in [0.4, 0.5) is 0 Å². The minimum absolute atomic E-state index is 0.113. The molecule has 0 amide bonds. The van der Waals surface area contributed by atoms with Crippen LogP contribution in [0.1, 0.15) is 37.9 Å². The summed E-state index contributed by atoms with van der Waals surface area (Å²) < 4.78 is 0. The Kier molecular flexibility index (Phi) is 4.11. The summed E-state index contributed by atoms with van der Waals surface area (Å²) in [6.45, 7) is 6.51. The van der Waals surface area contributed by atoms with Crippen LogP contribution in [0.2, 0.25) is 0 Å². The summed E-state index contributed by atoms with van der Waals surface area (Å²) in [6.07, 6.45) is 0. The molecule has 0 bridgehead atoms. The monoisotopic (exact) mass is 193 g/mol. The molecule has 1 aromatic rings. The van der Waals surface area contributed by atoms with E-state index >= 15 is 0 Å². The van der Waals surface area contributed by atoms with E-state index in [2.05, 4.69) is 32.2 Å². The fraction of sp³-hybridized carbons (Fsp3) is 0.500. The predicted octanol–water partition coefficient (Wildman–Crippen LogP) is 2.24. The summed E-state index contributed by atoms with van der Waals surface area (Å²) in [6, 6.07) is 8.86. The molecule has 78 valence electrons. The van der Waals surface area contributed by atoms with Gasteiger partial charge in [-0.15, -0.1) is 0 Å². The topological polar surface area (TPSA) is 32.3 Å². The van der Waals surface area contributed by atoms with Crippen LogP contribution in [0.15, 0.2) is 24.3 Å². The van der Waals surface area contributed by atoms with Crippen molar-refractivity contribution in [1.82, 2.24) is 5.32 Å². The number of hydrogen-bond acceptors (Lipinski definition) is 2. The van der Waals surface area contributed by atoms with E-state index in [0.717, 1.165) is 5.56 Å². The van der Waals surface area contributed by atoms with E-state index in [4.69, 9.17) is 5.11 Å². The number of hydrogen-bond donors (Lipinski definition) is 2. The summed E-state index contributed by atoms with van der Waals surface area (Å²) in [4.78, 5) is 0. The first-order chi connectivity index (χ1) is 6.63. The Labute approximate surface area is 86.0 Å². The molecule has 0 aliphatic heterocycles. The predicted molar refractivity (Wildman–Crippen MR) is 59.1 cm³/mol. The minimum Gasteiger partial charge on any atom is -0.392 e. The van der Waals surface area contributed by atoms with Gasteiger partial charge in [-0.25, -0.2) is 0 Å². The zero-order valence-electron chi connectivity index (χ0n) is 9.12. The third-order valence-electron chi connectivity index (χ3n) is 2.22. The Morgan fingerprint density at radius 3 is 2.57 bits per heavy atom. The largest absolute Gasteiger partial charge is 0.392 e. The maximum Gasteiger partial charge on any atom is 0.0681 e. The quantitative estimate of drug-likeness (QED) is 0.768. The van der Waals surface area contributed by atoms with E-state index in [0.29, 0.717) is 12.1 Å². The molecule has 0 radical (unpaired) electrons. The second-order valence-electron chi connectivity index (χ2n) is 3.95. The summed E-state index contributed by atoms with van der Waals surface area (Å²) in [5, 5.41) is 12.4. The van der Waals surface area contributed by atoms with Gasteiger partial charge >= 0.3 is 0 Å². The molecule has 0 aromatic heterocycles. The van der Waals surface area contributed by atoms with Crippen molar-refractivity contribution in [2.75, 3.05) is 0 Å². The van der Waals surface area contributed by atoms with Crippen molar-refractivity contribution in [3.05, 3.63) is 35.4 Å². The van der Waals surface area contributed by atoms with E-state index in [-0.39, 0.29) is 6.61 Å². The van der Waals surface area contributed by atoms with Gasteiger partial charge in [0.05, 0.1) is 6.61 Å². The molecule has 1 aromatic carbocycles. The average molecular weight is 193 g/mol. The highest BCUT2D eigenvalue weighted by molar-refractivity contribution is 5.25. The van der Waals surface area contributed by atoms with E-state index in [1.165, 1.54) is 5.56 Å². The number of benzene rings is 1. The highest BCUT2D eigenvalue weighted by Gasteiger charge is 2.06. The Morgan fingerprint density at radius 1 is 1.29 bits per heavy atom. The highest BCUT2D eigenvalue weighted by Crippen LogP contribution is 2.14. The van der Waals surface area contributed by atoms with Gasteiger partial charge in [-0.2, -0.15) is 0 Å². The molecular formula is C12H19NO. The van der Waals surface area contributed by atoms with Gasteiger partial charge < -0.3 is 10.4 Å². The van der Waals surface area contributed by atoms with Crippen molar-refractivity contribution < 1.29 is 5.11 Å². The van der Waals surface area contributed by atoms with E-state index in [1.54, 1.807) is 0 Å². The average Bonchev–Trinajstić information content (AvgIpc) is 2.17. The third kappa shape index (κ3) is 3.13. The van der Waals surface area contributed by atoms with E-state index in [9.17, 15) is 0 Å². The first-order valence-electron chi connectivity index (χ1n) is 5.09. The standard InChI is InChI=1S/C12H19NO/c1-9(2)13-10(3)12-6-4-5-11(7-12)8-14/h4-7,9-10,13-14H,8H2,1-3H3. The molecule has 0 saturated heterocycles. The molecule has 1 atom stereocenters. The molecule has 0 aliphatic carbocycles. The van der Waals surface area contributed by atoms with Crippen LogP contribution >= 0.6 is 0 Å². The molecule has 0 heterocycles. The number of nitrogens with one attached hydrogen (secondary N) is 1. The lowest BCUT2D eigenvalue weighted by atomic mass is 10.0. The lowest BCUT2D eigenvalue weighted by Crippen LogP contribution is -2.26. The van der Waals surface area contributed by atoms with E-state index in [1.807, 2.05) is 18.2 Å². The van der Waals surface area contributed by atoms with Gasteiger partial charge in [-0.3, -0.25) is 0 Å². The molecule has 0 aliphatic rings. The van der Waals surface area contributed by atoms with Crippen molar-refractivity contribution in [3.63, 3.8) is 0 Å². The molecule has 0 fully saturated rings. The number of rotatable bonds is 4. The van der Waals surface area contributed by atoms with Gasteiger partial charge in [-0.05, 0) is 18.1 Å². The Bertz CT molecular complexity index is 283. The van der Waals surface area contributed by atoms with Crippen molar-refractivity contribution in [3.8, 4) is 0 Å². The molecule has 1 rings (SSSR count). The first-order valence-corrected chi connectivity index (χ1v) is 5.09. The SMILES string of the molecule is CC(C)NC(C)c1cccc(CO)c1. The summed E-state index contributed by atoms with van der Waals surface area (Å²) in [5.74, 6) is 0. The molecule has 2 heteroatoms. The Morgan fingerprint density at radius 2 is 2.00 bits per heavy atom. The Balaban J connectivity index is 2.73. The molecule has 1 unspecified atom stereocenters. The van der Waals surface area contributed by atoms with Crippen molar-refractivity contribution in [1.29, 1.82) is 0 Å². The van der Waals surface area contributed by atoms with Gasteiger partial charge in [0, 0.05) is 12.1 Å². The number of aliphatic hydroxyl groups excluding tert-OH is 1. The lowest BCUT2D eigenvalue weighted by molar-refractivity contribution is 0.281. The fourth-order valence-corrected chi connectivity index (χ4v) is 1.56. The summed E-state index contributed by atoms with van der Waals surface area (Å²) >= 11 is 0. The maximum absolute atomic E-state index is 9.01. The molecule has 2 N–H and O–H groups in total. The second kappa shape index (κ2) is 5.13. The zero-order chi connectivity index (χ0) is 10.6. The van der Waals surface area contributed by atoms with Gasteiger partial charge in [0.25, 0.3) is 0 Å². The second-order valence-corrected chi connectivity index (χ2v) is 3.95. The third-order valence-corrected chi connectivity index (χ3v) is 2.22. The maximum atomic E-state index is 9.01. The van der Waals surface area contributed by atoms with Crippen LogP contribution in [0.25, 0.3) is 0 Å². The van der Waals surface area contributed by atoms with Crippen LogP contribution in [0.3, 0.4) is 0 Å². The molecular weight excluding hydrogens is 174 g/mol. The van der Waals surface area contributed by atoms with Crippen LogP contribution in [0, 0.1) is 0 Å². The highest BCUT2D eigenvalue weighted by atomic mass is 16.3. The summed E-state index contributed by atoms with van der Waals surface area (Å²) in [7, 11) is 0. The molecule has 2 nitrogen and oxygen atoms in total. The van der Waals surface area contributed by atoms with Crippen LogP contribution in [0.5, 0.6) is 0 Å². The van der Waals surface area contributed by atoms with Crippen molar-refractivity contribution >= 4 is 0 Å². The normalized spacial score (nSPS) is 13.2. The van der Waals surface area contributed by atoms with Gasteiger partial charge in [0.1, 0.15) is 0 Å². The van der Waals surface area contributed by atoms with Crippen LogP contribution in [-0.4, -0.2) is 11.1 Å². The van der Waals surface area contributed by atoms with Gasteiger partial charge in [-0.1, -0.05) is 38.1 Å². The molecule has 0 saturated carbocycles. The van der Waals surface area contributed by atoms with Gasteiger partial charge in [0.2, 0.25) is 0 Å². The molecule has 0 spiro atoms. The first kappa shape index (κ1) is 11.2. The minimum atomic E-state index is 0.113. The summed E-state index contributed by atoms with van der Waals surface area (Å²) in [5.41, 5.74) is 2.20. The van der Waals surface area contributed by atoms with Crippen LogP contribution in [-0.2, 0) is 6.61 Å². The Hall–Kier alpha value is -0.860. The zero-order valence-corrected chi connectivity index (χ0v) is 9.12. The lowest BCUT2D eigenvalue weighted by Gasteiger charge is -2.17. The van der Waals surface area contributed by atoms with Crippen molar-refractivity contribution in [2.45, 2.75) is 39.5 Å². The van der Waals surface area contributed by atoms with Crippen LogP contribution < -0.4 is 5.32 Å². The fourth-order valence-electron chi connectivity index (χ4n) is 1.56.